The summed E-state index contributed by atoms with van der Waals surface area (Å²) in [5, 5.41) is 3.69. The Bertz CT molecular complexity index is 422. The average molecular weight is 277 g/mol. The number of rotatable bonds is 5. The number of likely N-dealkylation sites (N-methyl/N-ethyl adjacent to an activating group) is 1. The first kappa shape index (κ1) is 15.6. The summed E-state index contributed by atoms with van der Waals surface area (Å²) in [6, 6.07) is 1.15. The standard InChI is InChI=1S/C17H31N3/c1-6-17(4,5)14-8-9-15(18-7-2)16(12-14)20-11-10-19-13(20)3/h10-11,14-16,18H,6-9,12H2,1-5H3. The molecular weight excluding hydrogens is 246 g/mol. The molecule has 1 heterocycles. The molecule has 0 saturated heterocycles. The van der Waals surface area contributed by atoms with E-state index >= 15 is 0 Å². The number of hydrogen-bond donors (Lipinski definition) is 1. The van der Waals surface area contributed by atoms with Gasteiger partial charge in [0, 0.05) is 18.4 Å². The largest absolute Gasteiger partial charge is 0.331 e. The quantitative estimate of drug-likeness (QED) is 0.883. The van der Waals surface area contributed by atoms with Crippen molar-refractivity contribution in [2.45, 2.75) is 72.4 Å². The second-order valence-electron chi connectivity index (χ2n) is 6.97. The van der Waals surface area contributed by atoms with Crippen LogP contribution in [-0.4, -0.2) is 22.1 Å². The maximum absolute atomic E-state index is 4.43. The summed E-state index contributed by atoms with van der Waals surface area (Å²) >= 11 is 0. The number of aromatic nitrogens is 2. The minimum atomic E-state index is 0.448. The molecule has 3 nitrogen and oxygen atoms in total. The van der Waals surface area contributed by atoms with Crippen LogP contribution in [0.2, 0.25) is 0 Å². The molecule has 1 N–H and O–H groups in total. The second kappa shape index (κ2) is 6.30. The van der Waals surface area contributed by atoms with Gasteiger partial charge in [0.1, 0.15) is 5.82 Å². The van der Waals surface area contributed by atoms with Crippen LogP contribution in [0.25, 0.3) is 0 Å². The number of aryl methyl sites for hydroxylation is 1. The summed E-state index contributed by atoms with van der Waals surface area (Å²) in [4.78, 5) is 4.43. The molecule has 114 valence electrons. The first-order valence-electron chi connectivity index (χ1n) is 8.22. The van der Waals surface area contributed by atoms with E-state index in [0.29, 0.717) is 17.5 Å². The molecule has 0 bridgehead atoms. The highest BCUT2D eigenvalue weighted by atomic mass is 15.1. The van der Waals surface area contributed by atoms with E-state index in [4.69, 9.17) is 0 Å². The first-order chi connectivity index (χ1) is 9.49. The maximum Gasteiger partial charge on any atom is 0.105 e. The zero-order valence-corrected chi connectivity index (χ0v) is 13.8. The highest BCUT2D eigenvalue weighted by Crippen LogP contribution is 2.44. The van der Waals surface area contributed by atoms with Gasteiger partial charge in [-0.1, -0.05) is 34.1 Å². The third kappa shape index (κ3) is 3.08. The highest BCUT2D eigenvalue weighted by Gasteiger charge is 2.37. The van der Waals surface area contributed by atoms with Crippen molar-refractivity contribution in [3.05, 3.63) is 18.2 Å². The fourth-order valence-electron chi connectivity index (χ4n) is 3.69. The molecular formula is C17H31N3. The van der Waals surface area contributed by atoms with Crippen LogP contribution < -0.4 is 5.32 Å². The van der Waals surface area contributed by atoms with Crippen molar-refractivity contribution in [3.63, 3.8) is 0 Å². The van der Waals surface area contributed by atoms with Crippen LogP contribution in [0.1, 0.15) is 65.2 Å². The van der Waals surface area contributed by atoms with E-state index in [1.54, 1.807) is 0 Å². The molecule has 3 atom stereocenters. The molecule has 20 heavy (non-hydrogen) atoms. The lowest BCUT2D eigenvalue weighted by Gasteiger charge is -2.44. The van der Waals surface area contributed by atoms with Gasteiger partial charge in [0.2, 0.25) is 0 Å². The van der Waals surface area contributed by atoms with Crippen molar-refractivity contribution in [3.8, 4) is 0 Å². The smallest absolute Gasteiger partial charge is 0.105 e. The normalized spacial score (nSPS) is 27.8. The zero-order valence-electron chi connectivity index (χ0n) is 13.8. The van der Waals surface area contributed by atoms with Crippen LogP contribution in [0.5, 0.6) is 0 Å². The van der Waals surface area contributed by atoms with E-state index in [0.717, 1.165) is 18.3 Å². The molecule has 3 unspecified atom stereocenters. The number of imidazole rings is 1. The van der Waals surface area contributed by atoms with E-state index < -0.39 is 0 Å². The fourth-order valence-corrected chi connectivity index (χ4v) is 3.69. The Kier molecular flexibility index (Phi) is 4.90. The van der Waals surface area contributed by atoms with Gasteiger partial charge in [-0.05, 0) is 44.1 Å². The zero-order chi connectivity index (χ0) is 14.8. The minimum absolute atomic E-state index is 0.448. The molecule has 2 rings (SSSR count). The van der Waals surface area contributed by atoms with Gasteiger partial charge >= 0.3 is 0 Å². The summed E-state index contributed by atoms with van der Waals surface area (Å²) in [7, 11) is 0. The van der Waals surface area contributed by atoms with E-state index in [9.17, 15) is 0 Å². The van der Waals surface area contributed by atoms with Crippen molar-refractivity contribution in [1.82, 2.24) is 14.9 Å². The van der Waals surface area contributed by atoms with E-state index in [2.05, 4.69) is 55.7 Å². The summed E-state index contributed by atoms with van der Waals surface area (Å²) in [5.41, 5.74) is 0.448. The SMILES string of the molecule is CCNC1CCC(C(C)(C)CC)CC1n1ccnc1C. The van der Waals surface area contributed by atoms with E-state index in [1.165, 1.54) is 25.7 Å². The molecule has 1 aromatic rings. The van der Waals surface area contributed by atoms with Crippen LogP contribution in [0.4, 0.5) is 0 Å². The average Bonchev–Trinajstić information content (AvgIpc) is 2.85. The Balaban J connectivity index is 2.20. The third-order valence-corrected chi connectivity index (χ3v) is 5.52. The minimum Gasteiger partial charge on any atom is -0.331 e. The van der Waals surface area contributed by atoms with Gasteiger partial charge in [-0.2, -0.15) is 0 Å². The van der Waals surface area contributed by atoms with Gasteiger partial charge in [0.25, 0.3) is 0 Å². The van der Waals surface area contributed by atoms with Gasteiger partial charge in [-0.25, -0.2) is 4.98 Å². The van der Waals surface area contributed by atoms with Gasteiger partial charge in [0.05, 0.1) is 6.04 Å². The summed E-state index contributed by atoms with van der Waals surface area (Å²) in [5.74, 6) is 1.96. The molecule has 0 spiro atoms. The highest BCUT2D eigenvalue weighted by molar-refractivity contribution is 5.00. The monoisotopic (exact) mass is 277 g/mol. The lowest BCUT2D eigenvalue weighted by Crippen LogP contribution is -2.44. The van der Waals surface area contributed by atoms with E-state index in [1.807, 2.05) is 6.20 Å². The number of nitrogens with one attached hydrogen (secondary N) is 1. The van der Waals surface area contributed by atoms with Crippen LogP contribution in [-0.2, 0) is 0 Å². The summed E-state index contributed by atoms with van der Waals surface area (Å²) in [6.07, 6.45) is 9.26. The Labute approximate surface area is 124 Å². The lowest BCUT2D eigenvalue weighted by molar-refractivity contribution is 0.101. The summed E-state index contributed by atoms with van der Waals surface area (Å²) < 4.78 is 2.39. The molecule has 1 aromatic heterocycles. The molecule has 1 aliphatic carbocycles. The molecule has 0 amide bonds. The maximum atomic E-state index is 4.43. The van der Waals surface area contributed by atoms with Crippen LogP contribution in [0.15, 0.2) is 12.4 Å². The molecule has 0 aromatic carbocycles. The summed E-state index contributed by atoms with van der Waals surface area (Å²) in [6.45, 7) is 12.6. The van der Waals surface area contributed by atoms with Crippen molar-refractivity contribution >= 4 is 0 Å². The Morgan fingerprint density at radius 2 is 2.10 bits per heavy atom. The van der Waals surface area contributed by atoms with Crippen LogP contribution in [0.3, 0.4) is 0 Å². The second-order valence-corrected chi connectivity index (χ2v) is 6.97. The lowest BCUT2D eigenvalue weighted by atomic mass is 9.67. The molecule has 1 fully saturated rings. The van der Waals surface area contributed by atoms with Crippen molar-refractivity contribution in [1.29, 1.82) is 0 Å². The fraction of sp³-hybridized carbons (Fsp3) is 0.824. The molecule has 3 heteroatoms. The van der Waals surface area contributed by atoms with Crippen molar-refractivity contribution in [2.75, 3.05) is 6.54 Å². The van der Waals surface area contributed by atoms with Crippen LogP contribution >= 0.6 is 0 Å². The van der Waals surface area contributed by atoms with Gasteiger partial charge in [-0.3, -0.25) is 0 Å². The predicted molar refractivity (Wildman–Crippen MR) is 84.9 cm³/mol. The van der Waals surface area contributed by atoms with Gasteiger partial charge in [0.15, 0.2) is 0 Å². The van der Waals surface area contributed by atoms with E-state index in [-0.39, 0.29) is 0 Å². The van der Waals surface area contributed by atoms with Crippen molar-refractivity contribution in [2.24, 2.45) is 11.3 Å². The van der Waals surface area contributed by atoms with Gasteiger partial charge in [-0.15, -0.1) is 0 Å². The Morgan fingerprint density at radius 1 is 1.35 bits per heavy atom. The van der Waals surface area contributed by atoms with Crippen LogP contribution in [0, 0.1) is 18.3 Å². The van der Waals surface area contributed by atoms with Crippen molar-refractivity contribution < 1.29 is 0 Å². The number of hydrogen-bond acceptors (Lipinski definition) is 2. The molecule has 0 radical (unpaired) electrons. The molecule has 1 saturated carbocycles. The topological polar surface area (TPSA) is 29.9 Å². The Hall–Kier alpha value is -0.830. The molecule has 0 aliphatic heterocycles. The predicted octanol–water partition coefficient (Wildman–Crippen LogP) is 3.95. The van der Waals surface area contributed by atoms with Gasteiger partial charge < -0.3 is 9.88 Å². The number of nitrogens with zero attached hydrogens (tertiary/aromatic N) is 2. The third-order valence-electron chi connectivity index (χ3n) is 5.52. The Morgan fingerprint density at radius 3 is 2.65 bits per heavy atom. The first-order valence-corrected chi connectivity index (χ1v) is 8.22. The molecule has 1 aliphatic rings.